The molecule has 0 aliphatic carbocycles. The molecule has 1 aromatic rings. The molecule has 0 aromatic heterocycles. The Labute approximate surface area is 108 Å². The van der Waals surface area contributed by atoms with Crippen LogP contribution in [0.4, 0.5) is 0 Å². The lowest BCUT2D eigenvalue weighted by molar-refractivity contribution is -0.121. The van der Waals surface area contributed by atoms with Crippen LogP contribution >= 0.6 is 0 Å². The second-order valence-electron chi connectivity index (χ2n) is 4.40. The van der Waals surface area contributed by atoms with Gasteiger partial charge < -0.3 is 15.2 Å². The molecule has 0 unspecified atom stereocenters. The van der Waals surface area contributed by atoms with E-state index in [2.05, 4.69) is 11.4 Å². The highest BCUT2D eigenvalue weighted by atomic mass is 16.5. The number of methoxy groups -OCH3 is 1. The first-order valence-corrected chi connectivity index (χ1v) is 6.02. The summed E-state index contributed by atoms with van der Waals surface area (Å²) in [5, 5.41) is 11.5. The van der Waals surface area contributed by atoms with Gasteiger partial charge in [0.15, 0.2) is 0 Å². The predicted octanol–water partition coefficient (Wildman–Crippen LogP) is 1.62. The minimum atomic E-state index is -0.155. The number of amides is 1. The van der Waals surface area contributed by atoms with Crippen molar-refractivity contribution in [1.29, 1.82) is 0 Å². The van der Waals surface area contributed by atoms with Gasteiger partial charge in [0, 0.05) is 18.5 Å². The molecule has 1 amide bonds. The van der Waals surface area contributed by atoms with Crippen LogP contribution in [0, 0.1) is 20.8 Å². The van der Waals surface area contributed by atoms with E-state index in [-0.39, 0.29) is 18.9 Å². The molecule has 0 radical (unpaired) electrons. The summed E-state index contributed by atoms with van der Waals surface area (Å²) in [5.74, 6) is 0.675. The first-order valence-electron chi connectivity index (χ1n) is 6.02. The van der Waals surface area contributed by atoms with Crippen LogP contribution in [0.3, 0.4) is 0 Å². The molecule has 18 heavy (non-hydrogen) atoms. The molecule has 1 rings (SSSR count). The van der Waals surface area contributed by atoms with Gasteiger partial charge in [-0.05, 0) is 37.5 Å². The Morgan fingerprint density at radius 1 is 1.33 bits per heavy atom. The Kier molecular flexibility index (Phi) is 5.16. The minimum Gasteiger partial charge on any atom is -0.496 e. The third-order valence-electron chi connectivity index (χ3n) is 3.12. The number of carbonyl (C=O) groups is 1. The molecule has 0 heterocycles. The summed E-state index contributed by atoms with van der Waals surface area (Å²) in [6.45, 7) is 6.35. The average molecular weight is 251 g/mol. The van der Waals surface area contributed by atoms with E-state index in [9.17, 15) is 4.79 Å². The molecule has 0 aliphatic rings. The zero-order valence-corrected chi connectivity index (χ0v) is 11.5. The Morgan fingerprint density at radius 2 is 2.00 bits per heavy atom. The fourth-order valence-corrected chi connectivity index (χ4v) is 1.98. The smallest absolute Gasteiger partial charge is 0.222 e. The molecule has 0 bridgehead atoms. The van der Waals surface area contributed by atoms with Crippen molar-refractivity contribution in [3.05, 3.63) is 28.3 Å². The fourth-order valence-electron chi connectivity index (χ4n) is 1.98. The normalized spacial score (nSPS) is 10.3. The topological polar surface area (TPSA) is 58.6 Å². The molecule has 2 N–H and O–H groups in total. The van der Waals surface area contributed by atoms with Crippen molar-refractivity contribution in [3.63, 3.8) is 0 Å². The number of hydrogen-bond donors (Lipinski definition) is 2. The van der Waals surface area contributed by atoms with Crippen molar-refractivity contribution >= 4 is 5.91 Å². The van der Waals surface area contributed by atoms with Gasteiger partial charge in [0.25, 0.3) is 0 Å². The third-order valence-corrected chi connectivity index (χ3v) is 3.12. The predicted molar refractivity (Wildman–Crippen MR) is 70.8 cm³/mol. The summed E-state index contributed by atoms with van der Waals surface area (Å²) < 4.78 is 5.43. The summed E-state index contributed by atoms with van der Waals surface area (Å²) >= 11 is 0. The average Bonchev–Trinajstić information content (AvgIpc) is 2.32. The summed E-state index contributed by atoms with van der Waals surface area (Å²) in [7, 11) is 1.64. The first-order chi connectivity index (χ1) is 8.51. The molecule has 100 valence electrons. The summed E-state index contributed by atoms with van der Waals surface area (Å²) in [6, 6.07) is 2.09. The van der Waals surface area contributed by atoms with Crippen molar-refractivity contribution in [2.45, 2.75) is 33.7 Å². The molecule has 1 aromatic carbocycles. The third kappa shape index (κ3) is 3.23. The van der Waals surface area contributed by atoms with Crippen molar-refractivity contribution in [2.75, 3.05) is 13.7 Å². The van der Waals surface area contributed by atoms with Crippen LogP contribution in [0.15, 0.2) is 6.07 Å². The lowest BCUT2D eigenvalue weighted by Crippen LogP contribution is -2.24. The van der Waals surface area contributed by atoms with E-state index in [1.165, 1.54) is 5.56 Å². The van der Waals surface area contributed by atoms with E-state index in [0.717, 1.165) is 22.4 Å². The van der Waals surface area contributed by atoms with Gasteiger partial charge in [-0.3, -0.25) is 4.79 Å². The highest BCUT2D eigenvalue weighted by molar-refractivity contribution is 5.76. The van der Waals surface area contributed by atoms with Gasteiger partial charge in [-0.15, -0.1) is 0 Å². The Bertz CT molecular complexity index is 441. The number of ether oxygens (including phenoxy) is 1. The van der Waals surface area contributed by atoms with Crippen LogP contribution in [-0.4, -0.2) is 24.7 Å². The van der Waals surface area contributed by atoms with Crippen LogP contribution in [0.1, 0.15) is 28.7 Å². The molecular weight excluding hydrogens is 230 g/mol. The lowest BCUT2D eigenvalue weighted by Gasteiger charge is -2.17. The number of rotatable bonds is 5. The van der Waals surface area contributed by atoms with Crippen LogP contribution in [0.25, 0.3) is 0 Å². The number of aliphatic hydroxyl groups is 1. The summed E-state index contributed by atoms with van der Waals surface area (Å²) in [4.78, 5) is 11.4. The monoisotopic (exact) mass is 251 g/mol. The molecule has 0 fully saturated rings. The fraction of sp³-hybridized carbons (Fsp3) is 0.500. The number of carbonyl (C=O) groups excluding carboxylic acids is 1. The second-order valence-corrected chi connectivity index (χ2v) is 4.40. The molecule has 0 spiro atoms. The van der Waals surface area contributed by atoms with E-state index in [0.29, 0.717) is 6.54 Å². The molecule has 4 heteroatoms. The van der Waals surface area contributed by atoms with Gasteiger partial charge in [0.05, 0.1) is 13.7 Å². The van der Waals surface area contributed by atoms with Crippen molar-refractivity contribution in [3.8, 4) is 5.75 Å². The van der Waals surface area contributed by atoms with E-state index >= 15 is 0 Å². The zero-order chi connectivity index (χ0) is 13.7. The van der Waals surface area contributed by atoms with Crippen molar-refractivity contribution in [2.24, 2.45) is 0 Å². The van der Waals surface area contributed by atoms with Gasteiger partial charge >= 0.3 is 0 Å². The van der Waals surface area contributed by atoms with E-state index in [1.807, 2.05) is 20.8 Å². The van der Waals surface area contributed by atoms with E-state index in [4.69, 9.17) is 9.84 Å². The van der Waals surface area contributed by atoms with Crippen molar-refractivity contribution in [1.82, 2.24) is 5.32 Å². The van der Waals surface area contributed by atoms with Gasteiger partial charge in [-0.25, -0.2) is 0 Å². The number of nitrogens with one attached hydrogen (secondary N) is 1. The lowest BCUT2D eigenvalue weighted by atomic mass is 9.99. The Morgan fingerprint density at radius 3 is 2.56 bits per heavy atom. The molecule has 0 atom stereocenters. The largest absolute Gasteiger partial charge is 0.496 e. The number of aryl methyl sites for hydroxylation is 2. The van der Waals surface area contributed by atoms with Crippen LogP contribution in [0.2, 0.25) is 0 Å². The Balaban J connectivity index is 2.94. The maximum Gasteiger partial charge on any atom is 0.222 e. The zero-order valence-electron chi connectivity index (χ0n) is 11.5. The molecule has 0 saturated heterocycles. The quantitative estimate of drug-likeness (QED) is 0.836. The van der Waals surface area contributed by atoms with Gasteiger partial charge in [0.2, 0.25) is 5.91 Å². The van der Waals surface area contributed by atoms with Crippen LogP contribution in [0.5, 0.6) is 5.75 Å². The molecule has 0 saturated carbocycles. The first kappa shape index (κ1) is 14.5. The summed E-state index contributed by atoms with van der Waals surface area (Å²) in [6.07, 6.45) is 0.131. The number of aliphatic hydroxyl groups excluding tert-OH is 1. The van der Waals surface area contributed by atoms with E-state index < -0.39 is 0 Å². The maximum atomic E-state index is 11.4. The highest BCUT2D eigenvalue weighted by Gasteiger charge is 2.12. The maximum absolute atomic E-state index is 11.4. The molecule has 0 aliphatic heterocycles. The number of hydrogen-bond acceptors (Lipinski definition) is 3. The second kappa shape index (κ2) is 6.40. The van der Waals surface area contributed by atoms with Gasteiger partial charge in [-0.1, -0.05) is 6.07 Å². The standard InChI is InChI=1S/C14H21NO3/c1-9-7-10(2)12(14(18-4)11(9)3)8-15-13(17)5-6-16/h7,16H,5-6,8H2,1-4H3,(H,15,17). The minimum absolute atomic E-state index is 0.130. The molecular formula is C14H21NO3. The van der Waals surface area contributed by atoms with Gasteiger partial charge in [-0.2, -0.15) is 0 Å². The summed E-state index contributed by atoms with van der Waals surface area (Å²) in [5.41, 5.74) is 4.36. The SMILES string of the molecule is COc1c(C)c(C)cc(C)c1CNC(=O)CCO. The van der Waals surface area contributed by atoms with Crippen LogP contribution < -0.4 is 10.1 Å². The van der Waals surface area contributed by atoms with Gasteiger partial charge in [0.1, 0.15) is 5.75 Å². The Hall–Kier alpha value is -1.55. The van der Waals surface area contributed by atoms with Crippen molar-refractivity contribution < 1.29 is 14.6 Å². The van der Waals surface area contributed by atoms with E-state index in [1.54, 1.807) is 7.11 Å². The van der Waals surface area contributed by atoms with Crippen LogP contribution in [-0.2, 0) is 11.3 Å². The number of benzene rings is 1. The highest BCUT2D eigenvalue weighted by Crippen LogP contribution is 2.29. The molecule has 4 nitrogen and oxygen atoms in total.